The topological polar surface area (TPSA) is 0 Å². The van der Waals surface area contributed by atoms with E-state index < -0.39 is 0 Å². The van der Waals surface area contributed by atoms with Gasteiger partial charge in [-0.1, -0.05) is 76.4 Å². The number of hydrogen-bond donors (Lipinski definition) is 0. The minimum atomic E-state index is 0.116. The molecule has 17 heavy (non-hydrogen) atoms. The van der Waals surface area contributed by atoms with Gasteiger partial charge < -0.3 is 0 Å². The lowest BCUT2D eigenvalue weighted by atomic mass is 9.77. The van der Waals surface area contributed by atoms with Crippen molar-refractivity contribution in [3.05, 3.63) is 66.8 Å². The van der Waals surface area contributed by atoms with Gasteiger partial charge in [-0.25, -0.2) is 0 Å². The number of benzene rings is 1. The summed E-state index contributed by atoms with van der Waals surface area (Å²) >= 11 is 0. The first-order chi connectivity index (χ1) is 8.03. The fourth-order valence-electron chi connectivity index (χ4n) is 1.68. The van der Waals surface area contributed by atoms with E-state index in [0.29, 0.717) is 0 Å². The van der Waals surface area contributed by atoms with Gasteiger partial charge in [-0.05, 0) is 28.5 Å². The molecule has 0 fully saturated rings. The van der Waals surface area contributed by atoms with Crippen molar-refractivity contribution in [2.75, 3.05) is 0 Å². The van der Waals surface area contributed by atoms with Crippen LogP contribution >= 0.6 is 0 Å². The van der Waals surface area contributed by atoms with Gasteiger partial charge in [0.25, 0.3) is 0 Å². The maximum absolute atomic E-state index is 4.28. The molecule has 0 bridgehead atoms. The van der Waals surface area contributed by atoms with Gasteiger partial charge in [0.1, 0.15) is 0 Å². The molecule has 1 rings (SSSR count). The normalized spacial score (nSPS) is 12.3. The van der Waals surface area contributed by atoms with Gasteiger partial charge in [0.2, 0.25) is 0 Å². The number of allylic oxidation sites excluding steroid dienone is 4. The molecule has 0 heterocycles. The van der Waals surface area contributed by atoms with Crippen LogP contribution in [0.25, 0.3) is 5.57 Å². The molecular formula is C17H22. The third-order valence-corrected chi connectivity index (χ3v) is 3.40. The van der Waals surface area contributed by atoms with Crippen molar-refractivity contribution in [1.29, 1.82) is 0 Å². The van der Waals surface area contributed by atoms with E-state index >= 15 is 0 Å². The predicted molar refractivity (Wildman–Crippen MR) is 77.8 cm³/mol. The zero-order chi connectivity index (χ0) is 12.9. The average Bonchev–Trinajstić information content (AvgIpc) is 2.36. The summed E-state index contributed by atoms with van der Waals surface area (Å²) < 4.78 is 0. The number of rotatable bonds is 5. The summed E-state index contributed by atoms with van der Waals surface area (Å²) in [6.45, 7) is 14.7. The van der Waals surface area contributed by atoms with Crippen LogP contribution in [0.1, 0.15) is 32.8 Å². The smallest absolute Gasteiger partial charge is 0.0106 e. The van der Waals surface area contributed by atoms with E-state index in [1.165, 1.54) is 16.7 Å². The molecule has 0 aromatic heterocycles. The van der Waals surface area contributed by atoms with E-state index in [2.05, 4.69) is 64.3 Å². The molecule has 0 radical (unpaired) electrons. The molecule has 0 atom stereocenters. The Hall–Kier alpha value is -1.56. The van der Waals surface area contributed by atoms with Crippen LogP contribution in [0.15, 0.2) is 61.2 Å². The summed E-state index contributed by atoms with van der Waals surface area (Å²) in [5, 5.41) is 0. The second-order valence-electron chi connectivity index (χ2n) is 4.90. The van der Waals surface area contributed by atoms with Crippen molar-refractivity contribution in [2.24, 2.45) is 5.41 Å². The van der Waals surface area contributed by atoms with Gasteiger partial charge in [-0.3, -0.25) is 0 Å². The van der Waals surface area contributed by atoms with Gasteiger partial charge in [0.05, 0.1) is 0 Å². The summed E-state index contributed by atoms with van der Waals surface area (Å²) in [6.07, 6.45) is 4.96. The van der Waals surface area contributed by atoms with Crippen LogP contribution in [-0.2, 0) is 0 Å². The van der Waals surface area contributed by atoms with Crippen LogP contribution < -0.4 is 0 Å². The Balaban J connectivity index is 3.17. The van der Waals surface area contributed by atoms with E-state index in [0.717, 1.165) is 6.42 Å². The van der Waals surface area contributed by atoms with Gasteiger partial charge >= 0.3 is 0 Å². The third-order valence-electron chi connectivity index (χ3n) is 3.40. The molecule has 0 nitrogen and oxygen atoms in total. The zero-order valence-corrected chi connectivity index (χ0v) is 11.2. The fourth-order valence-corrected chi connectivity index (χ4v) is 1.68. The largest absolute Gasteiger partial charge is 0.0990 e. The molecule has 0 aliphatic carbocycles. The van der Waals surface area contributed by atoms with Crippen molar-refractivity contribution in [1.82, 2.24) is 0 Å². The van der Waals surface area contributed by atoms with E-state index in [4.69, 9.17) is 0 Å². The molecule has 1 aromatic carbocycles. The van der Waals surface area contributed by atoms with Gasteiger partial charge in [-0.15, -0.1) is 0 Å². The summed E-state index contributed by atoms with van der Waals surface area (Å²) in [4.78, 5) is 0. The second kappa shape index (κ2) is 5.67. The quantitative estimate of drug-likeness (QED) is 0.602. The molecule has 0 aliphatic heterocycles. The summed E-state index contributed by atoms with van der Waals surface area (Å²) in [5.74, 6) is 0. The Labute approximate surface area is 105 Å². The van der Waals surface area contributed by atoms with Crippen LogP contribution in [0.2, 0.25) is 0 Å². The molecule has 0 amide bonds. The van der Waals surface area contributed by atoms with Gasteiger partial charge in [0.15, 0.2) is 0 Å². The Morgan fingerprint density at radius 3 is 2.29 bits per heavy atom. The van der Waals surface area contributed by atoms with E-state index in [1.54, 1.807) is 0 Å². The minimum absolute atomic E-state index is 0.116. The second-order valence-corrected chi connectivity index (χ2v) is 4.90. The lowest BCUT2D eigenvalue weighted by Gasteiger charge is -2.28. The molecule has 90 valence electrons. The fraction of sp³-hybridized carbons (Fsp3) is 0.294. The summed E-state index contributed by atoms with van der Waals surface area (Å²) in [5.41, 5.74) is 3.68. The predicted octanol–water partition coefficient (Wildman–Crippen LogP) is 5.25. The Kier molecular flexibility index (Phi) is 4.51. The Morgan fingerprint density at radius 2 is 1.82 bits per heavy atom. The lowest BCUT2D eigenvalue weighted by molar-refractivity contribution is 0.444. The SMILES string of the molecule is C=CC=C(C(=C)C(C)(C)CC)c1ccccc1. The van der Waals surface area contributed by atoms with Gasteiger partial charge in [0, 0.05) is 0 Å². The lowest BCUT2D eigenvalue weighted by Crippen LogP contribution is -2.13. The van der Waals surface area contributed by atoms with Crippen LogP contribution in [-0.4, -0.2) is 0 Å². The highest BCUT2D eigenvalue weighted by Gasteiger charge is 2.22. The average molecular weight is 226 g/mol. The van der Waals surface area contributed by atoms with E-state index in [9.17, 15) is 0 Å². The minimum Gasteiger partial charge on any atom is -0.0990 e. The summed E-state index contributed by atoms with van der Waals surface area (Å²) in [7, 11) is 0. The third kappa shape index (κ3) is 3.20. The first-order valence-electron chi connectivity index (χ1n) is 6.11. The highest BCUT2D eigenvalue weighted by molar-refractivity contribution is 5.80. The molecule has 0 spiro atoms. The van der Waals surface area contributed by atoms with Crippen molar-refractivity contribution in [3.8, 4) is 0 Å². The molecule has 1 aromatic rings. The Bertz CT molecular complexity index is 419. The molecule has 0 aliphatic rings. The monoisotopic (exact) mass is 226 g/mol. The molecule has 0 unspecified atom stereocenters. The van der Waals surface area contributed by atoms with Crippen molar-refractivity contribution in [3.63, 3.8) is 0 Å². The molecule has 0 heteroatoms. The van der Waals surface area contributed by atoms with E-state index in [-0.39, 0.29) is 5.41 Å². The Morgan fingerprint density at radius 1 is 1.24 bits per heavy atom. The van der Waals surface area contributed by atoms with Crippen LogP contribution in [0.4, 0.5) is 0 Å². The first-order valence-corrected chi connectivity index (χ1v) is 6.11. The standard InChI is InChI=1S/C17H22/c1-6-11-16(14(3)17(4,5)7-2)15-12-9-8-10-13-15/h6,8-13H,1,3,7H2,2,4-5H3. The van der Waals surface area contributed by atoms with Crippen LogP contribution in [0.5, 0.6) is 0 Å². The molecule has 0 N–H and O–H groups in total. The van der Waals surface area contributed by atoms with Crippen molar-refractivity contribution >= 4 is 5.57 Å². The molecule has 0 saturated carbocycles. The highest BCUT2D eigenvalue weighted by atomic mass is 14.3. The first kappa shape index (κ1) is 13.5. The van der Waals surface area contributed by atoms with E-state index in [1.807, 2.05) is 12.1 Å². The maximum Gasteiger partial charge on any atom is -0.0106 e. The van der Waals surface area contributed by atoms with Crippen molar-refractivity contribution < 1.29 is 0 Å². The zero-order valence-electron chi connectivity index (χ0n) is 11.2. The summed E-state index contributed by atoms with van der Waals surface area (Å²) in [6, 6.07) is 10.4. The van der Waals surface area contributed by atoms with Gasteiger partial charge in [-0.2, -0.15) is 0 Å². The van der Waals surface area contributed by atoms with Crippen LogP contribution in [0.3, 0.4) is 0 Å². The molecule has 0 saturated heterocycles. The molecular weight excluding hydrogens is 204 g/mol. The number of hydrogen-bond acceptors (Lipinski definition) is 0. The highest BCUT2D eigenvalue weighted by Crippen LogP contribution is 2.37. The van der Waals surface area contributed by atoms with Crippen molar-refractivity contribution in [2.45, 2.75) is 27.2 Å². The van der Waals surface area contributed by atoms with Crippen LogP contribution in [0, 0.1) is 5.41 Å². The maximum atomic E-state index is 4.28.